The molecule has 0 fully saturated rings. The van der Waals surface area contributed by atoms with Crippen molar-refractivity contribution in [1.29, 1.82) is 0 Å². The summed E-state index contributed by atoms with van der Waals surface area (Å²) in [5, 5.41) is 0. The van der Waals surface area contributed by atoms with Gasteiger partial charge in [-0.3, -0.25) is 0 Å². The van der Waals surface area contributed by atoms with Crippen molar-refractivity contribution in [2.24, 2.45) is 11.7 Å². The first-order valence-electron chi connectivity index (χ1n) is 4.75. The second-order valence-corrected chi connectivity index (χ2v) is 5.05. The van der Waals surface area contributed by atoms with Gasteiger partial charge in [0.25, 0.3) is 0 Å². The maximum absolute atomic E-state index is 5.97. The lowest BCUT2D eigenvalue weighted by atomic mass is 9.87. The Morgan fingerprint density at radius 1 is 1.36 bits per heavy atom. The van der Waals surface area contributed by atoms with Crippen LogP contribution < -0.4 is 5.73 Å². The Labute approximate surface area is 98.7 Å². The van der Waals surface area contributed by atoms with Crippen LogP contribution in [0.5, 0.6) is 0 Å². The van der Waals surface area contributed by atoms with Crippen LogP contribution in [0.1, 0.15) is 32.4 Å². The van der Waals surface area contributed by atoms with Crippen molar-refractivity contribution in [3.8, 4) is 0 Å². The molecule has 1 aromatic rings. The Balaban J connectivity index is 3.05. The van der Waals surface area contributed by atoms with E-state index in [2.05, 4.69) is 46.4 Å². The van der Waals surface area contributed by atoms with Gasteiger partial charge in [-0.25, -0.2) is 9.97 Å². The minimum absolute atomic E-state index is 0.124. The average Bonchev–Trinajstić information content (AvgIpc) is 2.07. The van der Waals surface area contributed by atoms with Gasteiger partial charge in [-0.1, -0.05) is 13.8 Å². The number of aromatic nitrogens is 2. The lowest BCUT2D eigenvalue weighted by Crippen LogP contribution is -2.29. The van der Waals surface area contributed by atoms with Crippen LogP contribution in [-0.2, 0) is 0 Å². The molecule has 0 aromatic carbocycles. The molecule has 14 heavy (non-hydrogen) atoms. The zero-order valence-corrected chi connectivity index (χ0v) is 10.9. The van der Waals surface area contributed by atoms with E-state index in [1.165, 1.54) is 0 Å². The fourth-order valence-electron chi connectivity index (χ4n) is 1.74. The Morgan fingerprint density at radius 3 is 2.43 bits per heavy atom. The van der Waals surface area contributed by atoms with Gasteiger partial charge in [0.15, 0.2) is 0 Å². The molecule has 2 unspecified atom stereocenters. The summed E-state index contributed by atoms with van der Waals surface area (Å²) in [7, 11) is 0. The van der Waals surface area contributed by atoms with Gasteiger partial charge in [0.1, 0.15) is 6.33 Å². The summed E-state index contributed by atoms with van der Waals surface area (Å²) in [5.41, 5.74) is 7.05. The van der Waals surface area contributed by atoms with Gasteiger partial charge in [-0.15, -0.1) is 0 Å². The average molecular weight is 305 g/mol. The molecule has 0 amide bonds. The molecule has 2 N–H and O–H groups in total. The highest BCUT2D eigenvalue weighted by Gasteiger charge is 2.23. The molecule has 1 rings (SSSR count). The third kappa shape index (κ3) is 2.63. The maximum Gasteiger partial charge on any atom is 0.115 e. The Hall–Kier alpha value is -0.230. The molecule has 1 aromatic heterocycles. The quantitative estimate of drug-likeness (QED) is 0.871. The number of hydrogen-bond acceptors (Lipinski definition) is 3. The molecule has 0 spiro atoms. The monoisotopic (exact) mass is 305 g/mol. The fraction of sp³-hybridized carbons (Fsp3) is 0.600. The largest absolute Gasteiger partial charge is 0.327 e. The molecule has 0 radical (unpaired) electrons. The first-order valence-corrected chi connectivity index (χ1v) is 5.83. The van der Waals surface area contributed by atoms with E-state index >= 15 is 0 Å². The highest BCUT2D eigenvalue weighted by molar-refractivity contribution is 14.1. The van der Waals surface area contributed by atoms with Gasteiger partial charge in [0.2, 0.25) is 0 Å². The highest BCUT2D eigenvalue weighted by atomic mass is 127. The summed E-state index contributed by atoms with van der Waals surface area (Å²) in [6.07, 6.45) is 3.43. The number of nitrogens with two attached hydrogens (primary N) is 1. The van der Waals surface area contributed by atoms with E-state index in [4.69, 9.17) is 5.73 Å². The summed E-state index contributed by atoms with van der Waals surface area (Å²) >= 11 is 2.26. The summed E-state index contributed by atoms with van der Waals surface area (Å²) in [6.45, 7) is 6.38. The molecular weight excluding hydrogens is 289 g/mol. The number of rotatable bonds is 3. The van der Waals surface area contributed by atoms with Crippen molar-refractivity contribution in [2.45, 2.75) is 32.7 Å². The second kappa shape index (κ2) is 5.02. The normalized spacial score (nSPS) is 15.6. The van der Waals surface area contributed by atoms with E-state index < -0.39 is 0 Å². The van der Waals surface area contributed by atoms with Crippen LogP contribution in [0.25, 0.3) is 0 Å². The van der Waals surface area contributed by atoms with Gasteiger partial charge in [-0.2, -0.15) is 0 Å². The molecule has 0 aliphatic heterocycles. The van der Waals surface area contributed by atoms with E-state index in [-0.39, 0.29) is 6.04 Å². The van der Waals surface area contributed by atoms with Crippen LogP contribution in [0.15, 0.2) is 12.5 Å². The smallest absolute Gasteiger partial charge is 0.115 e. The Kier molecular flexibility index (Phi) is 4.25. The zero-order chi connectivity index (χ0) is 10.7. The third-order valence-corrected chi connectivity index (χ3v) is 3.13. The van der Waals surface area contributed by atoms with Gasteiger partial charge < -0.3 is 5.73 Å². The van der Waals surface area contributed by atoms with Crippen molar-refractivity contribution in [3.63, 3.8) is 0 Å². The van der Waals surface area contributed by atoms with Crippen LogP contribution in [0, 0.1) is 9.49 Å². The van der Waals surface area contributed by atoms with E-state index in [0.717, 1.165) is 9.26 Å². The predicted octanol–water partition coefficient (Wildman–Crippen LogP) is 2.17. The molecule has 3 nitrogen and oxygen atoms in total. The summed E-state index contributed by atoms with van der Waals surface area (Å²) < 4.78 is 1.10. The van der Waals surface area contributed by atoms with Crippen molar-refractivity contribution in [3.05, 3.63) is 21.8 Å². The molecular formula is C10H16IN3. The number of halogens is 1. The van der Waals surface area contributed by atoms with E-state index in [1.54, 1.807) is 6.33 Å². The standard InChI is InChI=1S/C10H16IN3/c1-6(2)9(7(3)12)10-8(11)4-13-5-14-10/h4-7,9H,12H2,1-3H3. The van der Waals surface area contributed by atoms with Crippen molar-refractivity contribution in [1.82, 2.24) is 9.97 Å². The van der Waals surface area contributed by atoms with E-state index in [1.807, 2.05) is 13.1 Å². The molecule has 0 bridgehead atoms. The minimum atomic E-state index is 0.124. The van der Waals surface area contributed by atoms with Crippen molar-refractivity contribution < 1.29 is 0 Å². The maximum atomic E-state index is 5.97. The van der Waals surface area contributed by atoms with Gasteiger partial charge in [0, 0.05) is 18.2 Å². The first-order chi connectivity index (χ1) is 6.54. The summed E-state index contributed by atoms with van der Waals surface area (Å²) in [4.78, 5) is 8.31. The first kappa shape index (κ1) is 11.8. The molecule has 78 valence electrons. The topological polar surface area (TPSA) is 51.8 Å². The molecule has 0 aliphatic rings. The fourth-order valence-corrected chi connectivity index (χ4v) is 2.40. The van der Waals surface area contributed by atoms with Gasteiger partial charge in [0.05, 0.1) is 9.26 Å². The molecule has 1 heterocycles. The second-order valence-electron chi connectivity index (χ2n) is 3.88. The molecule has 4 heteroatoms. The summed E-state index contributed by atoms with van der Waals surface area (Å²) in [5.74, 6) is 0.809. The van der Waals surface area contributed by atoms with E-state index in [9.17, 15) is 0 Å². The number of nitrogens with zero attached hydrogens (tertiary/aromatic N) is 2. The summed E-state index contributed by atoms with van der Waals surface area (Å²) in [6, 6.07) is 0.124. The molecule has 0 aliphatic carbocycles. The predicted molar refractivity (Wildman–Crippen MR) is 66.0 cm³/mol. The third-order valence-electron chi connectivity index (χ3n) is 2.30. The zero-order valence-electron chi connectivity index (χ0n) is 8.74. The number of hydrogen-bond donors (Lipinski definition) is 1. The lowest BCUT2D eigenvalue weighted by molar-refractivity contribution is 0.424. The van der Waals surface area contributed by atoms with E-state index in [0.29, 0.717) is 11.8 Å². The van der Waals surface area contributed by atoms with Crippen LogP contribution in [0.3, 0.4) is 0 Å². The molecule has 2 atom stereocenters. The van der Waals surface area contributed by atoms with Gasteiger partial charge >= 0.3 is 0 Å². The van der Waals surface area contributed by atoms with Crippen molar-refractivity contribution in [2.75, 3.05) is 0 Å². The highest BCUT2D eigenvalue weighted by Crippen LogP contribution is 2.28. The molecule has 0 saturated carbocycles. The minimum Gasteiger partial charge on any atom is -0.327 e. The lowest BCUT2D eigenvalue weighted by Gasteiger charge is -2.24. The van der Waals surface area contributed by atoms with Crippen LogP contribution in [0.4, 0.5) is 0 Å². The van der Waals surface area contributed by atoms with Crippen molar-refractivity contribution >= 4 is 22.6 Å². The molecule has 0 saturated heterocycles. The Morgan fingerprint density at radius 2 is 2.00 bits per heavy atom. The van der Waals surface area contributed by atoms with Crippen LogP contribution in [-0.4, -0.2) is 16.0 Å². The SMILES string of the molecule is CC(C)C(c1ncncc1I)C(C)N. The Bertz CT molecular complexity index is 291. The van der Waals surface area contributed by atoms with Crippen LogP contribution in [0.2, 0.25) is 0 Å². The van der Waals surface area contributed by atoms with Crippen LogP contribution >= 0.6 is 22.6 Å². The van der Waals surface area contributed by atoms with Gasteiger partial charge in [-0.05, 0) is 35.4 Å².